The van der Waals surface area contributed by atoms with E-state index in [0.717, 1.165) is 21.5 Å². The van der Waals surface area contributed by atoms with E-state index in [2.05, 4.69) is 11.4 Å². The van der Waals surface area contributed by atoms with E-state index in [9.17, 15) is 15.0 Å². The molecule has 0 saturated carbocycles. The van der Waals surface area contributed by atoms with Gasteiger partial charge >= 0.3 is 0 Å². The maximum Gasteiger partial charge on any atom is 0.258 e. The highest BCUT2D eigenvalue weighted by molar-refractivity contribution is 6.05. The van der Waals surface area contributed by atoms with Gasteiger partial charge in [0.1, 0.15) is 5.75 Å². The van der Waals surface area contributed by atoms with Crippen LogP contribution in [0.1, 0.15) is 6.92 Å². The molecule has 0 aliphatic heterocycles. The van der Waals surface area contributed by atoms with E-state index in [1.54, 1.807) is 0 Å². The smallest absolute Gasteiger partial charge is 0.258 e. The molecule has 3 rings (SSSR count). The average Bonchev–Trinajstić information content (AvgIpc) is 2.62. The molecule has 0 saturated heterocycles. The first-order chi connectivity index (χ1) is 12.1. The topological polar surface area (TPSA) is 78.8 Å². The Balaban J connectivity index is 1.88. The van der Waals surface area contributed by atoms with E-state index in [1.165, 1.54) is 6.92 Å². The number of ether oxygens (including phenoxy) is 1. The summed E-state index contributed by atoms with van der Waals surface area (Å²) >= 11 is 0. The molecule has 3 aromatic carbocycles. The average molecular weight is 339 g/mol. The molecule has 25 heavy (non-hydrogen) atoms. The summed E-state index contributed by atoms with van der Waals surface area (Å²) in [7, 11) is 0. The molecule has 1 amide bonds. The van der Waals surface area contributed by atoms with Gasteiger partial charge in [-0.2, -0.15) is 0 Å². The summed E-state index contributed by atoms with van der Waals surface area (Å²) in [5.41, 5.74) is 0. The number of benzene rings is 3. The van der Waals surface area contributed by atoms with Gasteiger partial charge in [0.05, 0.1) is 18.8 Å². The number of hydrogen-bond donors (Lipinski definition) is 3. The van der Waals surface area contributed by atoms with Gasteiger partial charge in [0, 0.05) is 10.8 Å². The minimum absolute atomic E-state index is 0.193. The van der Waals surface area contributed by atoms with Gasteiger partial charge < -0.3 is 20.3 Å². The molecule has 0 aliphatic carbocycles. The normalized spacial score (nSPS) is 13.6. The summed E-state index contributed by atoms with van der Waals surface area (Å²) in [4.78, 5) is 12.1. The Morgan fingerprint density at radius 2 is 1.64 bits per heavy atom. The van der Waals surface area contributed by atoms with Crippen molar-refractivity contribution in [2.75, 3.05) is 13.2 Å². The minimum atomic E-state index is -0.840. The monoisotopic (exact) mass is 339 g/mol. The lowest BCUT2D eigenvalue weighted by Crippen LogP contribution is -2.46. The van der Waals surface area contributed by atoms with Crippen LogP contribution in [0.2, 0.25) is 0 Å². The molecule has 0 aliphatic rings. The number of amides is 1. The fourth-order valence-corrected chi connectivity index (χ4v) is 2.83. The summed E-state index contributed by atoms with van der Waals surface area (Å²) in [5, 5.41) is 25.2. The predicted molar refractivity (Wildman–Crippen MR) is 97.6 cm³/mol. The molecular formula is C20H21NO4. The van der Waals surface area contributed by atoms with E-state index in [4.69, 9.17) is 4.74 Å². The first kappa shape index (κ1) is 17.2. The van der Waals surface area contributed by atoms with Gasteiger partial charge in [0.15, 0.2) is 6.61 Å². The van der Waals surface area contributed by atoms with Crippen LogP contribution in [0.3, 0.4) is 0 Å². The Labute approximate surface area is 145 Å². The van der Waals surface area contributed by atoms with Gasteiger partial charge in [-0.1, -0.05) is 48.5 Å². The molecule has 130 valence electrons. The summed E-state index contributed by atoms with van der Waals surface area (Å²) in [6.45, 7) is 0.988. The molecule has 5 heteroatoms. The Kier molecular flexibility index (Phi) is 5.16. The molecule has 0 radical (unpaired) electrons. The van der Waals surface area contributed by atoms with Crippen molar-refractivity contribution in [2.24, 2.45) is 0 Å². The number of hydrogen-bond acceptors (Lipinski definition) is 4. The number of carbonyl (C=O) groups excluding carboxylic acids is 1. The predicted octanol–water partition coefficient (Wildman–Crippen LogP) is 2.23. The molecule has 0 fully saturated rings. The zero-order valence-corrected chi connectivity index (χ0v) is 14.0. The van der Waals surface area contributed by atoms with Crippen molar-refractivity contribution in [3.63, 3.8) is 0 Å². The summed E-state index contributed by atoms with van der Waals surface area (Å²) in [6, 6.07) is 17.1. The second kappa shape index (κ2) is 7.51. The van der Waals surface area contributed by atoms with Crippen LogP contribution in [0.15, 0.2) is 54.6 Å². The number of carbonyl (C=O) groups is 1. The third-order valence-electron chi connectivity index (χ3n) is 4.19. The largest absolute Gasteiger partial charge is 0.482 e. The van der Waals surface area contributed by atoms with Crippen molar-refractivity contribution < 1.29 is 19.7 Å². The first-order valence-electron chi connectivity index (χ1n) is 8.21. The molecule has 0 bridgehead atoms. The maximum absolute atomic E-state index is 12.1. The molecule has 0 heterocycles. The third-order valence-corrected chi connectivity index (χ3v) is 4.19. The van der Waals surface area contributed by atoms with Crippen LogP contribution < -0.4 is 10.1 Å². The molecular weight excluding hydrogens is 318 g/mol. The van der Waals surface area contributed by atoms with E-state index in [-0.39, 0.29) is 13.2 Å². The Bertz CT molecular complexity index is 837. The van der Waals surface area contributed by atoms with E-state index < -0.39 is 18.1 Å². The number of fused-ring (bicyclic) bond motifs is 2. The quantitative estimate of drug-likeness (QED) is 0.602. The lowest BCUT2D eigenvalue weighted by molar-refractivity contribution is -0.125. The van der Waals surface area contributed by atoms with Crippen LogP contribution in [-0.4, -0.2) is 41.5 Å². The van der Waals surface area contributed by atoms with E-state index in [1.807, 2.05) is 48.5 Å². The van der Waals surface area contributed by atoms with Crippen molar-refractivity contribution in [1.29, 1.82) is 0 Å². The Hall–Kier alpha value is -2.63. The molecule has 3 N–H and O–H groups in total. The lowest BCUT2D eigenvalue weighted by atomic mass is 10.0. The summed E-state index contributed by atoms with van der Waals surface area (Å²) in [6.07, 6.45) is -0.840. The van der Waals surface area contributed by atoms with Gasteiger partial charge in [-0.25, -0.2) is 0 Å². The van der Waals surface area contributed by atoms with Crippen LogP contribution >= 0.6 is 0 Å². The zero-order chi connectivity index (χ0) is 17.8. The van der Waals surface area contributed by atoms with Gasteiger partial charge in [-0.15, -0.1) is 0 Å². The second-order valence-corrected chi connectivity index (χ2v) is 6.03. The van der Waals surface area contributed by atoms with Gasteiger partial charge in [0.25, 0.3) is 5.91 Å². The standard InChI is InChI=1S/C20H21NO4/c1-13(23)18(11-22)21-19(24)12-25-20-16-8-4-2-6-14(16)10-15-7-3-5-9-17(15)20/h2-10,13,18,22-23H,11-12H2,1H3,(H,21,24)/t13-,18+/m1/s1. The second-order valence-electron chi connectivity index (χ2n) is 6.03. The minimum Gasteiger partial charge on any atom is -0.482 e. The van der Waals surface area contributed by atoms with Crippen LogP contribution in [0.5, 0.6) is 5.75 Å². The number of rotatable bonds is 6. The highest BCUT2D eigenvalue weighted by atomic mass is 16.5. The molecule has 5 nitrogen and oxygen atoms in total. The third kappa shape index (κ3) is 3.73. The van der Waals surface area contributed by atoms with E-state index >= 15 is 0 Å². The first-order valence-corrected chi connectivity index (χ1v) is 8.21. The number of aliphatic hydroxyl groups is 2. The molecule has 2 atom stereocenters. The van der Waals surface area contributed by atoms with E-state index in [0.29, 0.717) is 5.75 Å². The highest BCUT2D eigenvalue weighted by Gasteiger charge is 2.17. The molecule has 3 aromatic rings. The van der Waals surface area contributed by atoms with Crippen LogP contribution in [-0.2, 0) is 4.79 Å². The van der Waals surface area contributed by atoms with Crippen molar-refractivity contribution in [3.8, 4) is 5.75 Å². The Morgan fingerprint density at radius 1 is 1.08 bits per heavy atom. The van der Waals surface area contributed by atoms with Crippen molar-refractivity contribution in [2.45, 2.75) is 19.1 Å². The molecule has 0 aromatic heterocycles. The van der Waals surface area contributed by atoms with Gasteiger partial charge in [0.2, 0.25) is 0 Å². The van der Waals surface area contributed by atoms with Crippen LogP contribution in [0, 0.1) is 0 Å². The maximum atomic E-state index is 12.1. The lowest BCUT2D eigenvalue weighted by Gasteiger charge is -2.19. The number of aliphatic hydroxyl groups excluding tert-OH is 2. The van der Waals surface area contributed by atoms with Gasteiger partial charge in [-0.05, 0) is 23.8 Å². The molecule has 0 unspecified atom stereocenters. The van der Waals surface area contributed by atoms with Crippen molar-refractivity contribution in [3.05, 3.63) is 54.6 Å². The van der Waals surface area contributed by atoms with Gasteiger partial charge in [-0.3, -0.25) is 4.79 Å². The van der Waals surface area contributed by atoms with Crippen LogP contribution in [0.4, 0.5) is 0 Å². The molecule has 0 spiro atoms. The van der Waals surface area contributed by atoms with Crippen LogP contribution in [0.25, 0.3) is 21.5 Å². The zero-order valence-electron chi connectivity index (χ0n) is 14.0. The fourth-order valence-electron chi connectivity index (χ4n) is 2.83. The highest BCUT2D eigenvalue weighted by Crippen LogP contribution is 2.34. The SMILES string of the molecule is C[C@@H](O)[C@H](CO)NC(=O)COc1c2ccccc2cc2ccccc12. The van der Waals surface area contributed by atoms with Crippen molar-refractivity contribution in [1.82, 2.24) is 5.32 Å². The summed E-state index contributed by atoms with van der Waals surface area (Å²) in [5.74, 6) is 0.262. The summed E-state index contributed by atoms with van der Waals surface area (Å²) < 4.78 is 5.84. The number of nitrogens with one attached hydrogen (secondary N) is 1. The Morgan fingerprint density at radius 3 is 2.16 bits per heavy atom. The fraction of sp³-hybridized carbons (Fsp3) is 0.250. The van der Waals surface area contributed by atoms with Crippen molar-refractivity contribution >= 4 is 27.5 Å².